The van der Waals surface area contributed by atoms with Crippen LogP contribution in [0.25, 0.3) is 22.1 Å². The zero-order valence-electron chi connectivity index (χ0n) is 16.4. The van der Waals surface area contributed by atoms with Gasteiger partial charge >= 0.3 is 0 Å². The minimum absolute atomic E-state index is 0.0784. The Labute approximate surface area is 176 Å². The van der Waals surface area contributed by atoms with Crippen molar-refractivity contribution in [1.82, 2.24) is 5.43 Å². The van der Waals surface area contributed by atoms with Gasteiger partial charge in [0, 0.05) is 11.6 Å². The average molecular weight is 415 g/mol. The number of hydrogen-bond donors (Lipinski definition) is 1. The van der Waals surface area contributed by atoms with Gasteiger partial charge in [0.15, 0.2) is 0 Å². The molecule has 1 aromatic heterocycles. The third-order valence-electron chi connectivity index (χ3n) is 4.66. The summed E-state index contributed by atoms with van der Waals surface area (Å²) in [6.07, 6.45) is 1.38. The molecule has 4 aromatic rings. The maximum atomic E-state index is 12.3. The van der Waals surface area contributed by atoms with Gasteiger partial charge in [0.25, 0.3) is 11.6 Å². The standard InChI is InChI=1S/C23H17N3O5/c1-30-22-13-18(26(28)29)8-10-20(22)21-11-9-19(31-21)14-24-25-23(27)17-7-6-15-4-2-3-5-16(15)12-17/h2-14H,1H3,(H,25,27)/b24-14-. The van der Waals surface area contributed by atoms with Crippen molar-refractivity contribution in [2.24, 2.45) is 5.10 Å². The first kappa shape index (κ1) is 19.8. The number of nitro benzene ring substituents is 1. The van der Waals surface area contributed by atoms with Gasteiger partial charge < -0.3 is 9.15 Å². The third-order valence-corrected chi connectivity index (χ3v) is 4.66. The van der Waals surface area contributed by atoms with Crippen LogP contribution in [0.1, 0.15) is 16.1 Å². The van der Waals surface area contributed by atoms with E-state index in [-0.39, 0.29) is 11.6 Å². The highest BCUT2D eigenvalue weighted by molar-refractivity contribution is 5.98. The van der Waals surface area contributed by atoms with Crippen LogP contribution < -0.4 is 10.2 Å². The minimum atomic E-state index is -0.495. The number of nitrogens with zero attached hydrogens (tertiary/aromatic N) is 2. The van der Waals surface area contributed by atoms with Crippen LogP contribution in [-0.2, 0) is 0 Å². The first-order valence-electron chi connectivity index (χ1n) is 9.30. The van der Waals surface area contributed by atoms with Crippen molar-refractivity contribution < 1.29 is 18.9 Å². The molecule has 0 bridgehead atoms. The monoisotopic (exact) mass is 415 g/mol. The number of non-ortho nitro benzene ring substituents is 1. The lowest BCUT2D eigenvalue weighted by atomic mass is 10.1. The molecule has 0 unspecified atom stereocenters. The van der Waals surface area contributed by atoms with Gasteiger partial charge in [-0.05, 0) is 41.1 Å². The van der Waals surface area contributed by atoms with E-state index in [4.69, 9.17) is 9.15 Å². The third kappa shape index (κ3) is 4.27. The highest BCUT2D eigenvalue weighted by Gasteiger charge is 2.15. The molecule has 3 aromatic carbocycles. The largest absolute Gasteiger partial charge is 0.496 e. The molecule has 154 valence electrons. The van der Waals surface area contributed by atoms with Gasteiger partial charge in [0.05, 0.1) is 29.9 Å². The number of ether oxygens (including phenoxy) is 1. The minimum Gasteiger partial charge on any atom is -0.496 e. The number of methoxy groups -OCH3 is 1. The second-order valence-corrected chi connectivity index (χ2v) is 6.60. The van der Waals surface area contributed by atoms with Crippen molar-refractivity contribution in [2.75, 3.05) is 7.11 Å². The molecule has 0 atom stereocenters. The van der Waals surface area contributed by atoms with E-state index in [1.165, 1.54) is 25.5 Å². The summed E-state index contributed by atoms with van der Waals surface area (Å²) < 4.78 is 10.9. The van der Waals surface area contributed by atoms with Crippen molar-refractivity contribution >= 4 is 28.6 Å². The maximum absolute atomic E-state index is 12.3. The number of amides is 1. The van der Waals surface area contributed by atoms with Gasteiger partial charge in [0.2, 0.25) is 0 Å². The van der Waals surface area contributed by atoms with E-state index in [0.29, 0.717) is 28.4 Å². The normalized spacial score (nSPS) is 11.0. The molecule has 31 heavy (non-hydrogen) atoms. The number of hydrogen-bond acceptors (Lipinski definition) is 6. The Kier molecular flexibility index (Phi) is 5.44. The molecule has 0 saturated heterocycles. The van der Waals surface area contributed by atoms with E-state index in [1.54, 1.807) is 30.3 Å². The predicted octanol–water partition coefficient (Wildman–Crippen LogP) is 4.78. The van der Waals surface area contributed by atoms with Gasteiger partial charge in [-0.15, -0.1) is 0 Å². The number of fused-ring (bicyclic) bond motifs is 1. The van der Waals surface area contributed by atoms with E-state index in [2.05, 4.69) is 10.5 Å². The van der Waals surface area contributed by atoms with Gasteiger partial charge in [-0.1, -0.05) is 30.3 Å². The SMILES string of the molecule is COc1cc([N+](=O)[O-])ccc1-c1ccc(/C=N\NC(=O)c2ccc3ccccc3c2)o1. The zero-order valence-corrected chi connectivity index (χ0v) is 16.4. The Hall–Kier alpha value is -4.46. The van der Waals surface area contributed by atoms with Crippen molar-refractivity contribution in [1.29, 1.82) is 0 Å². The molecule has 8 nitrogen and oxygen atoms in total. The Balaban J connectivity index is 1.47. The number of nitrogens with one attached hydrogen (secondary N) is 1. The Morgan fingerprint density at radius 2 is 1.87 bits per heavy atom. The Morgan fingerprint density at radius 1 is 1.06 bits per heavy atom. The highest BCUT2D eigenvalue weighted by Crippen LogP contribution is 2.34. The quantitative estimate of drug-likeness (QED) is 0.277. The second-order valence-electron chi connectivity index (χ2n) is 6.60. The molecule has 0 aliphatic rings. The molecule has 0 spiro atoms. The van der Waals surface area contributed by atoms with Crippen molar-refractivity contribution in [3.63, 3.8) is 0 Å². The van der Waals surface area contributed by atoms with Crippen LogP contribution in [0, 0.1) is 10.1 Å². The molecule has 1 N–H and O–H groups in total. The lowest BCUT2D eigenvalue weighted by Gasteiger charge is -2.05. The van der Waals surface area contributed by atoms with Gasteiger partial charge in [0.1, 0.15) is 17.3 Å². The molecular formula is C23H17N3O5. The fourth-order valence-electron chi connectivity index (χ4n) is 3.11. The van der Waals surface area contributed by atoms with Crippen molar-refractivity contribution in [2.45, 2.75) is 0 Å². The smallest absolute Gasteiger partial charge is 0.273 e. The lowest BCUT2D eigenvalue weighted by Crippen LogP contribution is -2.17. The van der Waals surface area contributed by atoms with Gasteiger partial charge in [-0.25, -0.2) is 5.43 Å². The van der Waals surface area contributed by atoms with Gasteiger partial charge in [-0.2, -0.15) is 5.10 Å². The first-order valence-corrected chi connectivity index (χ1v) is 9.30. The topological polar surface area (TPSA) is 107 Å². The summed E-state index contributed by atoms with van der Waals surface area (Å²) in [5.74, 6) is 0.825. The van der Waals surface area contributed by atoms with E-state index in [0.717, 1.165) is 10.8 Å². The molecular weight excluding hydrogens is 398 g/mol. The van der Waals surface area contributed by atoms with Crippen LogP contribution in [0.5, 0.6) is 5.75 Å². The molecule has 0 saturated carbocycles. The zero-order chi connectivity index (χ0) is 21.8. The Bertz CT molecular complexity index is 1310. The predicted molar refractivity (Wildman–Crippen MR) is 116 cm³/mol. The number of nitro groups is 1. The molecule has 0 fully saturated rings. The van der Waals surface area contributed by atoms with Crippen LogP contribution >= 0.6 is 0 Å². The number of benzene rings is 3. The van der Waals surface area contributed by atoms with Crippen LogP contribution in [0.2, 0.25) is 0 Å². The summed E-state index contributed by atoms with van der Waals surface area (Å²) >= 11 is 0. The molecule has 4 rings (SSSR count). The molecule has 0 aliphatic carbocycles. The second kappa shape index (κ2) is 8.50. The van der Waals surface area contributed by atoms with Crippen molar-refractivity contribution in [3.8, 4) is 17.1 Å². The van der Waals surface area contributed by atoms with E-state index < -0.39 is 4.92 Å². The van der Waals surface area contributed by atoms with Crippen LogP contribution in [0.15, 0.2) is 82.3 Å². The fraction of sp³-hybridized carbons (Fsp3) is 0.0435. The van der Waals surface area contributed by atoms with E-state index in [1.807, 2.05) is 30.3 Å². The fourth-order valence-corrected chi connectivity index (χ4v) is 3.11. The summed E-state index contributed by atoms with van der Waals surface area (Å²) in [7, 11) is 1.43. The van der Waals surface area contributed by atoms with Crippen LogP contribution in [0.4, 0.5) is 5.69 Å². The van der Waals surface area contributed by atoms with E-state index in [9.17, 15) is 14.9 Å². The molecule has 0 aliphatic heterocycles. The molecule has 8 heteroatoms. The summed E-state index contributed by atoms with van der Waals surface area (Å²) in [6, 6.07) is 20.8. The summed E-state index contributed by atoms with van der Waals surface area (Å²) in [5.41, 5.74) is 3.45. The number of carbonyl (C=O) groups is 1. The number of carbonyl (C=O) groups excluding carboxylic acids is 1. The van der Waals surface area contributed by atoms with Crippen LogP contribution in [0.3, 0.4) is 0 Å². The maximum Gasteiger partial charge on any atom is 0.273 e. The first-order chi connectivity index (χ1) is 15.0. The molecule has 1 amide bonds. The van der Waals surface area contributed by atoms with Crippen LogP contribution in [-0.4, -0.2) is 24.2 Å². The summed E-state index contributed by atoms with van der Waals surface area (Å²) in [5, 5.41) is 16.9. The molecule has 1 heterocycles. The summed E-state index contributed by atoms with van der Waals surface area (Å²) in [6.45, 7) is 0. The number of rotatable bonds is 6. The summed E-state index contributed by atoms with van der Waals surface area (Å²) in [4.78, 5) is 22.8. The molecule has 0 radical (unpaired) electrons. The number of furan rings is 1. The Morgan fingerprint density at radius 3 is 2.65 bits per heavy atom. The number of hydrazone groups is 1. The van der Waals surface area contributed by atoms with E-state index >= 15 is 0 Å². The highest BCUT2D eigenvalue weighted by atomic mass is 16.6. The van der Waals surface area contributed by atoms with Gasteiger partial charge in [-0.3, -0.25) is 14.9 Å². The average Bonchev–Trinajstić information content (AvgIpc) is 3.26. The van der Waals surface area contributed by atoms with Crippen molar-refractivity contribution in [3.05, 3.63) is 94.2 Å². The lowest BCUT2D eigenvalue weighted by molar-refractivity contribution is -0.384.